The molecule has 0 heterocycles. The van der Waals surface area contributed by atoms with Crippen molar-refractivity contribution in [2.45, 2.75) is 24.9 Å². The number of carbonyl (C=O) groups excluding carboxylic acids is 3. The number of ketones is 1. The van der Waals surface area contributed by atoms with Crippen LogP contribution >= 0.6 is 11.6 Å². The fourth-order valence-electron chi connectivity index (χ4n) is 3.52. The van der Waals surface area contributed by atoms with E-state index in [-0.39, 0.29) is 6.42 Å². The Labute approximate surface area is 145 Å². The van der Waals surface area contributed by atoms with Gasteiger partial charge in [-0.15, -0.1) is 0 Å². The number of aliphatic hydroxyl groups is 1. The van der Waals surface area contributed by atoms with Crippen LogP contribution in [0.1, 0.15) is 24.8 Å². The van der Waals surface area contributed by atoms with Crippen molar-refractivity contribution < 1.29 is 19.5 Å². The number of nitrogens with one attached hydrogen (secondary N) is 2. The van der Waals surface area contributed by atoms with Gasteiger partial charge in [0.1, 0.15) is 11.7 Å². The fourth-order valence-corrected chi connectivity index (χ4v) is 3.78. The van der Waals surface area contributed by atoms with Gasteiger partial charge in [-0.1, -0.05) is 29.8 Å². The third kappa shape index (κ3) is 3.16. The van der Waals surface area contributed by atoms with E-state index >= 15 is 0 Å². The third-order valence-electron chi connectivity index (χ3n) is 4.59. The van der Waals surface area contributed by atoms with Gasteiger partial charge < -0.3 is 15.7 Å². The van der Waals surface area contributed by atoms with Crippen molar-refractivity contribution >= 4 is 29.2 Å². The first-order valence-electron chi connectivity index (χ1n) is 7.67. The number of Topliss-reactive ketones (excluding diaryl/α,β-unsaturated/α-hetero) is 1. The summed E-state index contributed by atoms with van der Waals surface area (Å²) in [5.74, 6) is -4.26. The fraction of sp³-hybridized carbons (Fsp3) is 0.471. The van der Waals surface area contributed by atoms with Crippen LogP contribution in [0.15, 0.2) is 24.3 Å². The Morgan fingerprint density at radius 2 is 1.79 bits per heavy atom. The van der Waals surface area contributed by atoms with E-state index in [1.165, 1.54) is 21.0 Å². The molecule has 0 aromatic heterocycles. The SMILES string of the molecule is CNC(=O)C1C(=O)CC(C)(O)C(C(=O)NC)C1c1ccccc1Cl. The molecular formula is C17H21ClN2O4. The maximum Gasteiger partial charge on any atom is 0.230 e. The summed E-state index contributed by atoms with van der Waals surface area (Å²) in [6.07, 6.45) is -0.274. The first-order chi connectivity index (χ1) is 11.2. The molecule has 2 amide bonds. The molecule has 4 atom stereocenters. The molecule has 6 nitrogen and oxygen atoms in total. The lowest BCUT2D eigenvalue weighted by atomic mass is 9.61. The topological polar surface area (TPSA) is 95.5 Å². The second kappa shape index (κ2) is 6.91. The Balaban J connectivity index is 2.68. The molecule has 1 aliphatic rings. The molecule has 4 unspecified atom stereocenters. The quantitative estimate of drug-likeness (QED) is 0.703. The smallest absolute Gasteiger partial charge is 0.230 e. The maximum atomic E-state index is 12.6. The lowest BCUT2D eigenvalue weighted by Gasteiger charge is -2.44. The van der Waals surface area contributed by atoms with E-state index in [0.29, 0.717) is 10.6 Å². The predicted molar refractivity (Wildman–Crippen MR) is 89.6 cm³/mol. The van der Waals surface area contributed by atoms with Gasteiger partial charge in [0.15, 0.2) is 0 Å². The van der Waals surface area contributed by atoms with Crippen molar-refractivity contribution in [3.63, 3.8) is 0 Å². The summed E-state index contributed by atoms with van der Waals surface area (Å²) in [6.45, 7) is 1.44. The van der Waals surface area contributed by atoms with Crippen LogP contribution in [0.3, 0.4) is 0 Å². The van der Waals surface area contributed by atoms with Crippen molar-refractivity contribution in [1.82, 2.24) is 10.6 Å². The van der Waals surface area contributed by atoms with E-state index in [2.05, 4.69) is 10.6 Å². The van der Waals surface area contributed by atoms with Crippen LogP contribution < -0.4 is 10.6 Å². The minimum Gasteiger partial charge on any atom is -0.389 e. The van der Waals surface area contributed by atoms with Gasteiger partial charge in [-0.3, -0.25) is 14.4 Å². The van der Waals surface area contributed by atoms with E-state index in [9.17, 15) is 19.5 Å². The highest BCUT2D eigenvalue weighted by atomic mass is 35.5. The molecular weight excluding hydrogens is 332 g/mol. The first kappa shape index (κ1) is 18.4. The molecule has 1 aromatic rings. The number of halogens is 1. The molecule has 0 aliphatic heterocycles. The van der Waals surface area contributed by atoms with Gasteiger partial charge in [-0.2, -0.15) is 0 Å². The van der Waals surface area contributed by atoms with Crippen molar-refractivity contribution in [2.24, 2.45) is 11.8 Å². The van der Waals surface area contributed by atoms with Crippen molar-refractivity contribution in [1.29, 1.82) is 0 Å². The van der Waals surface area contributed by atoms with Crippen molar-refractivity contribution in [2.75, 3.05) is 14.1 Å². The standard InChI is InChI=1S/C17H21ClN2O4/c1-17(24)8-11(21)13(15(22)19-2)12(14(17)16(23)20-3)9-6-4-5-7-10(9)18/h4-7,12-14,24H,8H2,1-3H3,(H,19,22)(H,20,23). The summed E-state index contributed by atoms with van der Waals surface area (Å²) in [5.41, 5.74) is -1.08. The minimum atomic E-state index is -1.58. The van der Waals surface area contributed by atoms with E-state index in [1.54, 1.807) is 24.3 Å². The molecule has 0 saturated heterocycles. The average Bonchev–Trinajstić information content (AvgIpc) is 2.52. The summed E-state index contributed by atoms with van der Waals surface area (Å²) in [6, 6.07) is 6.75. The summed E-state index contributed by atoms with van der Waals surface area (Å²) < 4.78 is 0. The van der Waals surface area contributed by atoms with Gasteiger partial charge in [-0.25, -0.2) is 0 Å². The number of benzene rings is 1. The van der Waals surface area contributed by atoms with Crippen molar-refractivity contribution in [3.8, 4) is 0 Å². The predicted octanol–water partition coefficient (Wildman–Crippen LogP) is 0.872. The average molecular weight is 353 g/mol. The van der Waals surface area contributed by atoms with Gasteiger partial charge in [0.05, 0.1) is 11.5 Å². The zero-order chi connectivity index (χ0) is 18.1. The summed E-state index contributed by atoms with van der Waals surface area (Å²) in [7, 11) is 2.88. The van der Waals surface area contributed by atoms with Crippen LogP contribution in [0.2, 0.25) is 5.02 Å². The van der Waals surface area contributed by atoms with Crippen LogP contribution in [0.25, 0.3) is 0 Å². The second-order valence-corrected chi connectivity index (χ2v) is 6.64. The molecule has 24 heavy (non-hydrogen) atoms. The molecule has 3 N–H and O–H groups in total. The monoisotopic (exact) mass is 352 g/mol. The molecule has 2 rings (SSSR count). The van der Waals surface area contributed by atoms with Crippen LogP contribution in [-0.4, -0.2) is 42.4 Å². The number of amides is 2. The van der Waals surface area contributed by atoms with Crippen LogP contribution in [0, 0.1) is 11.8 Å². The number of carbonyl (C=O) groups is 3. The molecule has 130 valence electrons. The highest BCUT2D eigenvalue weighted by Crippen LogP contribution is 2.47. The zero-order valence-corrected chi connectivity index (χ0v) is 14.6. The van der Waals surface area contributed by atoms with Gasteiger partial charge in [0.25, 0.3) is 0 Å². The summed E-state index contributed by atoms with van der Waals surface area (Å²) in [5, 5.41) is 16.1. The van der Waals surface area contributed by atoms with Gasteiger partial charge >= 0.3 is 0 Å². The largest absolute Gasteiger partial charge is 0.389 e. The lowest BCUT2D eigenvalue weighted by Crippen LogP contribution is -2.57. The second-order valence-electron chi connectivity index (χ2n) is 6.23. The van der Waals surface area contributed by atoms with Gasteiger partial charge in [0.2, 0.25) is 11.8 Å². The van der Waals surface area contributed by atoms with Crippen LogP contribution in [-0.2, 0) is 14.4 Å². The van der Waals surface area contributed by atoms with Crippen molar-refractivity contribution in [3.05, 3.63) is 34.9 Å². The molecule has 1 aromatic carbocycles. The molecule has 0 bridgehead atoms. The lowest BCUT2D eigenvalue weighted by molar-refractivity contribution is -0.153. The number of rotatable bonds is 3. The molecule has 1 aliphatic carbocycles. The normalized spacial score (nSPS) is 29.9. The van der Waals surface area contributed by atoms with Crippen LogP contribution in [0.4, 0.5) is 0 Å². The van der Waals surface area contributed by atoms with E-state index in [1.807, 2.05) is 0 Å². The molecule has 0 spiro atoms. The number of hydrogen-bond donors (Lipinski definition) is 3. The molecule has 7 heteroatoms. The Morgan fingerprint density at radius 1 is 1.21 bits per heavy atom. The Hall–Kier alpha value is -1.92. The Bertz CT molecular complexity index is 674. The van der Waals surface area contributed by atoms with Crippen LogP contribution in [0.5, 0.6) is 0 Å². The first-order valence-corrected chi connectivity index (χ1v) is 8.05. The Kier molecular flexibility index (Phi) is 5.30. The third-order valence-corrected chi connectivity index (χ3v) is 4.93. The van der Waals surface area contributed by atoms with E-state index in [4.69, 9.17) is 11.6 Å². The zero-order valence-electron chi connectivity index (χ0n) is 13.8. The molecule has 0 radical (unpaired) electrons. The van der Waals surface area contributed by atoms with E-state index < -0.39 is 41.0 Å². The minimum absolute atomic E-state index is 0.274. The summed E-state index contributed by atoms with van der Waals surface area (Å²) in [4.78, 5) is 37.4. The van der Waals surface area contributed by atoms with Gasteiger partial charge in [0, 0.05) is 31.5 Å². The van der Waals surface area contributed by atoms with E-state index in [0.717, 1.165) is 0 Å². The number of hydrogen-bond acceptors (Lipinski definition) is 4. The van der Waals surface area contributed by atoms with Gasteiger partial charge in [-0.05, 0) is 18.6 Å². The summed E-state index contributed by atoms with van der Waals surface area (Å²) >= 11 is 6.27. The molecule has 1 saturated carbocycles. The molecule has 1 fully saturated rings. The highest BCUT2D eigenvalue weighted by molar-refractivity contribution is 6.31. The highest BCUT2D eigenvalue weighted by Gasteiger charge is 2.55. The maximum absolute atomic E-state index is 12.6. The Morgan fingerprint density at radius 3 is 2.33 bits per heavy atom.